The third-order valence-corrected chi connectivity index (χ3v) is 5.00. The van der Waals surface area contributed by atoms with E-state index in [9.17, 15) is 19.7 Å². The molecule has 150 valence electrons. The zero-order chi connectivity index (χ0) is 20.4. The second-order valence-corrected chi connectivity index (χ2v) is 6.87. The SMILES string of the molecule is Cc1c([N+](=O)[O-])cnn1C(C)C(=O)Nc1cnn(C)c1C(=O)N1CCCCC1. The Kier molecular flexibility index (Phi) is 5.43. The average Bonchev–Trinajstić information content (AvgIpc) is 3.24. The van der Waals surface area contributed by atoms with Crippen molar-refractivity contribution in [1.29, 1.82) is 0 Å². The maximum Gasteiger partial charge on any atom is 0.309 e. The maximum absolute atomic E-state index is 12.9. The quantitative estimate of drug-likeness (QED) is 0.612. The Morgan fingerprint density at radius 3 is 2.50 bits per heavy atom. The summed E-state index contributed by atoms with van der Waals surface area (Å²) in [7, 11) is 1.65. The Morgan fingerprint density at radius 1 is 1.21 bits per heavy atom. The van der Waals surface area contributed by atoms with Gasteiger partial charge in [0.1, 0.15) is 23.6 Å². The van der Waals surface area contributed by atoms with E-state index in [1.807, 2.05) is 0 Å². The molecule has 0 aromatic carbocycles. The molecule has 0 saturated carbocycles. The van der Waals surface area contributed by atoms with Crippen LogP contribution in [0.5, 0.6) is 0 Å². The summed E-state index contributed by atoms with van der Waals surface area (Å²) in [6.45, 7) is 4.49. The first kappa shape index (κ1) is 19.5. The Balaban J connectivity index is 1.79. The molecule has 3 heterocycles. The molecule has 3 rings (SSSR count). The minimum atomic E-state index is -0.799. The monoisotopic (exact) mass is 389 g/mol. The molecule has 2 amide bonds. The van der Waals surface area contributed by atoms with E-state index in [-0.39, 0.29) is 17.3 Å². The summed E-state index contributed by atoms with van der Waals surface area (Å²) in [5.41, 5.74) is 0.755. The summed E-state index contributed by atoms with van der Waals surface area (Å²) in [6, 6.07) is -0.799. The van der Waals surface area contributed by atoms with Crippen LogP contribution in [0.3, 0.4) is 0 Å². The van der Waals surface area contributed by atoms with Gasteiger partial charge in [0.05, 0.1) is 16.8 Å². The molecule has 28 heavy (non-hydrogen) atoms. The summed E-state index contributed by atoms with van der Waals surface area (Å²) >= 11 is 0. The Hall–Kier alpha value is -3.24. The number of amides is 2. The number of nitrogens with zero attached hydrogens (tertiary/aromatic N) is 6. The van der Waals surface area contributed by atoms with E-state index in [2.05, 4.69) is 15.5 Å². The predicted octanol–water partition coefficient (Wildman–Crippen LogP) is 1.66. The van der Waals surface area contributed by atoms with Gasteiger partial charge in [-0.25, -0.2) is 0 Å². The number of likely N-dealkylation sites (tertiary alicyclic amines) is 1. The van der Waals surface area contributed by atoms with E-state index in [1.54, 1.807) is 18.9 Å². The van der Waals surface area contributed by atoms with Gasteiger partial charge in [-0.15, -0.1) is 0 Å². The number of aryl methyl sites for hydroxylation is 1. The Bertz CT molecular complexity index is 911. The van der Waals surface area contributed by atoms with Crippen molar-refractivity contribution in [3.8, 4) is 0 Å². The van der Waals surface area contributed by atoms with Crippen molar-refractivity contribution < 1.29 is 14.5 Å². The van der Waals surface area contributed by atoms with Gasteiger partial charge in [0, 0.05) is 20.1 Å². The van der Waals surface area contributed by atoms with Crippen LogP contribution in [0.15, 0.2) is 12.4 Å². The van der Waals surface area contributed by atoms with Gasteiger partial charge in [0.25, 0.3) is 5.91 Å². The summed E-state index contributed by atoms with van der Waals surface area (Å²) < 4.78 is 2.73. The molecule has 2 aromatic rings. The zero-order valence-electron chi connectivity index (χ0n) is 16.1. The molecular weight excluding hydrogens is 366 g/mol. The predicted molar refractivity (Wildman–Crippen MR) is 99.9 cm³/mol. The molecule has 2 aromatic heterocycles. The van der Waals surface area contributed by atoms with Gasteiger partial charge >= 0.3 is 5.69 Å². The molecule has 0 bridgehead atoms. The van der Waals surface area contributed by atoms with Crippen LogP contribution in [0.25, 0.3) is 0 Å². The lowest BCUT2D eigenvalue weighted by Crippen LogP contribution is -2.37. The molecule has 11 nitrogen and oxygen atoms in total. The first-order valence-electron chi connectivity index (χ1n) is 9.12. The van der Waals surface area contributed by atoms with E-state index in [1.165, 1.54) is 22.5 Å². The van der Waals surface area contributed by atoms with E-state index in [4.69, 9.17) is 0 Å². The van der Waals surface area contributed by atoms with Gasteiger partial charge in [-0.1, -0.05) is 0 Å². The fraction of sp³-hybridized carbons (Fsp3) is 0.529. The topological polar surface area (TPSA) is 128 Å². The number of piperidine rings is 1. The fourth-order valence-corrected chi connectivity index (χ4v) is 3.36. The number of carbonyl (C=O) groups excluding carboxylic acids is 2. The van der Waals surface area contributed by atoms with Crippen LogP contribution in [0, 0.1) is 17.0 Å². The van der Waals surface area contributed by atoms with Crippen LogP contribution < -0.4 is 5.32 Å². The summed E-state index contributed by atoms with van der Waals surface area (Å²) in [6.07, 6.45) is 5.57. The Morgan fingerprint density at radius 2 is 1.89 bits per heavy atom. The normalized spacial score (nSPS) is 15.3. The summed E-state index contributed by atoms with van der Waals surface area (Å²) in [5, 5.41) is 21.8. The van der Waals surface area contributed by atoms with E-state index < -0.39 is 16.9 Å². The second kappa shape index (κ2) is 7.79. The lowest BCUT2D eigenvalue weighted by Gasteiger charge is -2.27. The number of hydrogen-bond acceptors (Lipinski definition) is 6. The van der Waals surface area contributed by atoms with Crippen LogP contribution in [0.1, 0.15) is 48.4 Å². The number of rotatable bonds is 5. The lowest BCUT2D eigenvalue weighted by atomic mass is 10.1. The summed E-state index contributed by atoms with van der Waals surface area (Å²) in [4.78, 5) is 37.8. The Labute approximate surface area is 161 Å². The van der Waals surface area contributed by atoms with Crippen molar-refractivity contribution in [3.05, 3.63) is 33.9 Å². The van der Waals surface area contributed by atoms with E-state index >= 15 is 0 Å². The molecule has 1 aliphatic heterocycles. The standard InChI is InChI=1S/C17H23N7O4/c1-11-14(24(27)28)10-19-23(11)12(2)16(25)20-13-9-18-21(3)15(13)17(26)22-7-5-4-6-8-22/h9-10,12H,4-8H2,1-3H3,(H,20,25). The molecular formula is C17H23N7O4. The van der Waals surface area contributed by atoms with Gasteiger partial charge in [-0.05, 0) is 33.1 Å². The minimum Gasteiger partial charge on any atom is -0.337 e. The van der Waals surface area contributed by atoms with Crippen LogP contribution in [-0.2, 0) is 11.8 Å². The number of nitrogens with one attached hydrogen (secondary N) is 1. The van der Waals surface area contributed by atoms with Gasteiger partial charge in [-0.2, -0.15) is 10.2 Å². The maximum atomic E-state index is 12.9. The average molecular weight is 389 g/mol. The number of carbonyl (C=O) groups is 2. The van der Waals surface area contributed by atoms with Gasteiger partial charge in [-0.3, -0.25) is 29.1 Å². The third-order valence-electron chi connectivity index (χ3n) is 5.00. The molecule has 1 aliphatic rings. The van der Waals surface area contributed by atoms with Crippen molar-refractivity contribution in [3.63, 3.8) is 0 Å². The van der Waals surface area contributed by atoms with Crippen molar-refractivity contribution in [1.82, 2.24) is 24.5 Å². The smallest absolute Gasteiger partial charge is 0.309 e. The minimum absolute atomic E-state index is 0.151. The first-order valence-corrected chi connectivity index (χ1v) is 9.12. The van der Waals surface area contributed by atoms with Gasteiger partial charge in [0.2, 0.25) is 5.91 Å². The van der Waals surface area contributed by atoms with E-state index in [0.29, 0.717) is 24.5 Å². The first-order chi connectivity index (χ1) is 13.3. The van der Waals surface area contributed by atoms with Gasteiger partial charge < -0.3 is 10.2 Å². The van der Waals surface area contributed by atoms with Gasteiger partial charge in [0.15, 0.2) is 0 Å². The molecule has 1 unspecified atom stereocenters. The highest BCUT2D eigenvalue weighted by molar-refractivity contribution is 6.03. The molecule has 1 atom stereocenters. The lowest BCUT2D eigenvalue weighted by molar-refractivity contribution is -0.385. The molecule has 11 heteroatoms. The van der Waals surface area contributed by atoms with Crippen molar-refractivity contribution in [2.45, 2.75) is 39.2 Å². The van der Waals surface area contributed by atoms with Crippen LogP contribution >= 0.6 is 0 Å². The number of aromatic nitrogens is 4. The number of anilines is 1. The van der Waals surface area contributed by atoms with Crippen molar-refractivity contribution in [2.75, 3.05) is 18.4 Å². The van der Waals surface area contributed by atoms with Crippen molar-refractivity contribution >= 4 is 23.2 Å². The molecule has 1 N–H and O–H groups in total. The summed E-state index contributed by atoms with van der Waals surface area (Å²) in [5.74, 6) is -0.615. The molecule has 1 fully saturated rings. The van der Waals surface area contributed by atoms with Crippen molar-refractivity contribution in [2.24, 2.45) is 7.05 Å². The highest BCUT2D eigenvalue weighted by atomic mass is 16.6. The largest absolute Gasteiger partial charge is 0.337 e. The number of nitro groups is 1. The fourth-order valence-electron chi connectivity index (χ4n) is 3.36. The van der Waals surface area contributed by atoms with Crippen LogP contribution in [0.4, 0.5) is 11.4 Å². The number of hydrogen-bond donors (Lipinski definition) is 1. The van der Waals surface area contributed by atoms with Crippen LogP contribution in [0.2, 0.25) is 0 Å². The molecule has 0 spiro atoms. The third kappa shape index (κ3) is 3.59. The van der Waals surface area contributed by atoms with Crippen LogP contribution in [-0.4, -0.2) is 54.3 Å². The molecule has 0 radical (unpaired) electrons. The molecule has 0 aliphatic carbocycles. The highest BCUT2D eigenvalue weighted by Gasteiger charge is 2.28. The second-order valence-electron chi connectivity index (χ2n) is 6.87. The molecule has 1 saturated heterocycles. The zero-order valence-corrected chi connectivity index (χ0v) is 16.1. The van der Waals surface area contributed by atoms with E-state index in [0.717, 1.165) is 25.5 Å². The highest BCUT2D eigenvalue weighted by Crippen LogP contribution is 2.23.